The van der Waals surface area contributed by atoms with Crippen molar-refractivity contribution in [2.24, 2.45) is 0 Å². The third-order valence-corrected chi connectivity index (χ3v) is 7.25. The summed E-state index contributed by atoms with van der Waals surface area (Å²) in [5, 5.41) is 5.51. The van der Waals surface area contributed by atoms with E-state index in [4.69, 9.17) is 32.7 Å². The number of rotatable bonds is 8. The van der Waals surface area contributed by atoms with Gasteiger partial charge in [-0.25, -0.2) is 8.42 Å². The summed E-state index contributed by atoms with van der Waals surface area (Å²) < 4.78 is 36.8. The Hall–Kier alpha value is -2.94. The normalized spacial score (nSPS) is 11.0. The van der Waals surface area contributed by atoms with Crippen LogP contribution in [0.5, 0.6) is 11.5 Å². The first-order chi connectivity index (χ1) is 15.3. The molecule has 0 spiro atoms. The molecule has 10 heteroatoms. The highest BCUT2D eigenvalue weighted by Gasteiger charge is 2.26. The zero-order valence-corrected chi connectivity index (χ0v) is 19.5. The molecule has 0 radical (unpaired) electrons. The van der Waals surface area contributed by atoms with Crippen molar-refractivity contribution in [1.82, 2.24) is 0 Å². The molecule has 3 aromatic rings. The van der Waals surface area contributed by atoms with Crippen LogP contribution < -0.4 is 20.1 Å². The standard InChI is InChI=1S/C22H20Cl2N2O5S/c1-30-18-11-8-14(12-19(18)31-2)26-20(27)13-25-17-10-9-16(23)21(24)22(17)32(28,29)15-6-4-3-5-7-15/h3-12,25H,13H2,1-2H3,(H,26,27). The van der Waals surface area contributed by atoms with Gasteiger partial charge in [0, 0.05) is 11.8 Å². The van der Waals surface area contributed by atoms with Crippen LogP contribution in [-0.4, -0.2) is 35.1 Å². The van der Waals surface area contributed by atoms with Gasteiger partial charge >= 0.3 is 0 Å². The predicted octanol–water partition coefficient (Wildman–Crippen LogP) is 4.89. The van der Waals surface area contributed by atoms with Crippen molar-refractivity contribution in [2.45, 2.75) is 9.79 Å². The summed E-state index contributed by atoms with van der Waals surface area (Å²) in [6.45, 7) is -0.219. The zero-order chi connectivity index (χ0) is 23.3. The Kier molecular flexibility index (Phi) is 7.50. The van der Waals surface area contributed by atoms with Gasteiger partial charge in [0.2, 0.25) is 15.7 Å². The van der Waals surface area contributed by atoms with Gasteiger partial charge in [0.15, 0.2) is 11.5 Å². The van der Waals surface area contributed by atoms with Gasteiger partial charge in [-0.2, -0.15) is 0 Å². The van der Waals surface area contributed by atoms with Crippen LogP contribution in [0.4, 0.5) is 11.4 Å². The molecule has 0 atom stereocenters. The Labute approximate surface area is 196 Å². The topological polar surface area (TPSA) is 93.7 Å². The molecular weight excluding hydrogens is 475 g/mol. The summed E-state index contributed by atoms with van der Waals surface area (Å²) >= 11 is 12.3. The van der Waals surface area contributed by atoms with Crippen molar-refractivity contribution in [3.63, 3.8) is 0 Å². The van der Waals surface area contributed by atoms with Crippen molar-refractivity contribution in [3.05, 3.63) is 70.7 Å². The quantitative estimate of drug-likeness (QED) is 0.462. The number of carbonyl (C=O) groups excluding carboxylic acids is 1. The van der Waals surface area contributed by atoms with Crippen LogP contribution in [0.3, 0.4) is 0 Å². The first-order valence-corrected chi connectivity index (χ1v) is 11.6. The molecule has 7 nitrogen and oxygen atoms in total. The van der Waals surface area contributed by atoms with E-state index in [1.807, 2.05) is 0 Å². The van der Waals surface area contributed by atoms with E-state index in [2.05, 4.69) is 10.6 Å². The molecule has 0 unspecified atom stereocenters. The summed E-state index contributed by atoms with van der Waals surface area (Å²) in [4.78, 5) is 12.3. The van der Waals surface area contributed by atoms with E-state index in [1.165, 1.54) is 38.5 Å². The molecule has 0 bridgehead atoms. The molecular formula is C22H20Cl2N2O5S. The van der Waals surface area contributed by atoms with Gasteiger partial charge in [-0.3, -0.25) is 4.79 Å². The SMILES string of the molecule is COc1ccc(NC(=O)CNc2ccc(Cl)c(Cl)c2S(=O)(=O)c2ccccc2)cc1OC. The zero-order valence-electron chi connectivity index (χ0n) is 17.2. The molecule has 0 aliphatic rings. The van der Waals surface area contributed by atoms with Crippen molar-refractivity contribution >= 4 is 50.3 Å². The van der Waals surface area contributed by atoms with Crippen LogP contribution >= 0.6 is 23.2 Å². The molecule has 0 heterocycles. The lowest BCUT2D eigenvalue weighted by Gasteiger charge is -2.15. The molecule has 0 fully saturated rings. The Balaban J connectivity index is 1.83. The van der Waals surface area contributed by atoms with E-state index < -0.39 is 15.7 Å². The van der Waals surface area contributed by atoms with Gasteiger partial charge in [-0.15, -0.1) is 0 Å². The number of amides is 1. The average Bonchev–Trinajstić information content (AvgIpc) is 2.80. The van der Waals surface area contributed by atoms with E-state index in [0.717, 1.165) is 0 Å². The number of methoxy groups -OCH3 is 2. The molecule has 0 aliphatic heterocycles. The number of hydrogen-bond acceptors (Lipinski definition) is 6. The molecule has 0 saturated heterocycles. The van der Waals surface area contributed by atoms with Gasteiger partial charge in [-0.05, 0) is 36.4 Å². The molecule has 3 rings (SSSR count). The smallest absolute Gasteiger partial charge is 0.243 e. The van der Waals surface area contributed by atoms with Crippen molar-refractivity contribution in [3.8, 4) is 11.5 Å². The van der Waals surface area contributed by atoms with Gasteiger partial charge in [0.1, 0.15) is 4.90 Å². The number of sulfone groups is 1. The molecule has 2 N–H and O–H groups in total. The number of nitrogens with one attached hydrogen (secondary N) is 2. The number of hydrogen-bond donors (Lipinski definition) is 2. The van der Waals surface area contributed by atoms with E-state index >= 15 is 0 Å². The van der Waals surface area contributed by atoms with Gasteiger partial charge in [-0.1, -0.05) is 41.4 Å². The fourth-order valence-corrected chi connectivity index (χ4v) is 5.16. The van der Waals surface area contributed by atoms with Gasteiger partial charge in [0.25, 0.3) is 0 Å². The number of carbonyl (C=O) groups is 1. The summed E-state index contributed by atoms with van der Waals surface area (Å²) in [5.74, 6) is 0.570. The minimum atomic E-state index is -3.99. The van der Waals surface area contributed by atoms with Crippen molar-refractivity contribution in [2.75, 3.05) is 31.4 Å². The van der Waals surface area contributed by atoms with Crippen LogP contribution in [0.1, 0.15) is 0 Å². The molecule has 0 aliphatic carbocycles. The minimum absolute atomic E-state index is 0.0574. The summed E-state index contributed by atoms with van der Waals surface area (Å²) in [6, 6.07) is 15.7. The Morgan fingerprint density at radius 2 is 1.62 bits per heavy atom. The molecule has 32 heavy (non-hydrogen) atoms. The van der Waals surface area contributed by atoms with Crippen LogP contribution in [0, 0.1) is 0 Å². The van der Waals surface area contributed by atoms with Crippen LogP contribution in [-0.2, 0) is 14.6 Å². The Bertz CT molecular complexity index is 1230. The summed E-state index contributed by atoms with van der Waals surface area (Å²) in [6.07, 6.45) is 0. The number of halogens is 2. The average molecular weight is 495 g/mol. The second-order valence-electron chi connectivity index (χ2n) is 6.53. The number of benzene rings is 3. The number of anilines is 2. The monoisotopic (exact) mass is 494 g/mol. The Morgan fingerprint density at radius 3 is 2.28 bits per heavy atom. The first-order valence-electron chi connectivity index (χ1n) is 9.31. The highest BCUT2D eigenvalue weighted by Crippen LogP contribution is 2.38. The van der Waals surface area contributed by atoms with Crippen LogP contribution in [0.15, 0.2) is 70.5 Å². The summed E-state index contributed by atoms with van der Waals surface area (Å²) in [5.41, 5.74) is 0.645. The predicted molar refractivity (Wildman–Crippen MR) is 125 cm³/mol. The van der Waals surface area contributed by atoms with E-state index in [0.29, 0.717) is 17.2 Å². The van der Waals surface area contributed by atoms with Gasteiger partial charge in [0.05, 0.1) is 41.4 Å². The van der Waals surface area contributed by atoms with E-state index in [-0.39, 0.29) is 32.1 Å². The second kappa shape index (κ2) is 10.1. The highest BCUT2D eigenvalue weighted by atomic mass is 35.5. The third-order valence-electron chi connectivity index (χ3n) is 4.48. The Morgan fingerprint density at radius 1 is 0.938 bits per heavy atom. The maximum absolute atomic E-state index is 13.2. The largest absolute Gasteiger partial charge is 0.493 e. The van der Waals surface area contributed by atoms with Crippen molar-refractivity contribution < 1.29 is 22.7 Å². The molecule has 1 amide bonds. The maximum atomic E-state index is 13.2. The fraction of sp³-hybridized carbons (Fsp3) is 0.136. The maximum Gasteiger partial charge on any atom is 0.243 e. The van der Waals surface area contributed by atoms with E-state index in [9.17, 15) is 13.2 Å². The highest BCUT2D eigenvalue weighted by molar-refractivity contribution is 7.91. The van der Waals surface area contributed by atoms with E-state index in [1.54, 1.807) is 36.4 Å². The molecule has 0 aromatic heterocycles. The first kappa shape index (κ1) is 23.7. The van der Waals surface area contributed by atoms with Crippen molar-refractivity contribution in [1.29, 1.82) is 0 Å². The lowest BCUT2D eigenvalue weighted by Crippen LogP contribution is -2.22. The van der Waals surface area contributed by atoms with Crippen LogP contribution in [0.2, 0.25) is 10.0 Å². The molecule has 3 aromatic carbocycles. The minimum Gasteiger partial charge on any atom is -0.493 e. The van der Waals surface area contributed by atoms with Gasteiger partial charge < -0.3 is 20.1 Å². The second-order valence-corrected chi connectivity index (χ2v) is 9.20. The molecule has 0 saturated carbocycles. The van der Waals surface area contributed by atoms with Crippen LogP contribution in [0.25, 0.3) is 0 Å². The lowest BCUT2D eigenvalue weighted by molar-refractivity contribution is -0.114. The molecule has 168 valence electrons. The number of ether oxygens (including phenoxy) is 2. The summed E-state index contributed by atoms with van der Waals surface area (Å²) in [7, 11) is -0.985. The lowest BCUT2D eigenvalue weighted by atomic mass is 10.2. The fourth-order valence-electron chi connectivity index (χ4n) is 2.95. The third kappa shape index (κ3) is 5.09.